The molecule has 3 rings (SSSR count). The van der Waals surface area contributed by atoms with Crippen LogP contribution in [0.15, 0.2) is 28.8 Å². The lowest BCUT2D eigenvalue weighted by molar-refractivity contribution is 0.0900. The average Bonchev–Trinajstić information content (AvgIpc) is 3.06. The van der Waals surface area contributed by atoms with E-state index in [-0.39, 0.29) is 36.1 Å². The Morgan fingerprint density at radius 2 is 1.96 bits per heavy atom. The smallest absolute Gasteiger partial charge is 0.292 e. The van der Waals surface area contributed by atoms with Crippen LogP contribution in [0, 0.1) is 11.7 Å². The Balaban J connectivity index is 1.61. The minimum Gasteiger partial charge on any atom is -0.396 e. The lowest BCUT2D eigenvalue weighted by atomic mass is 9.86. The number of benzene rings is 1. The van der Waals surface area contributed by atoms with Crippen LogP contribution in [0.5, 0.6) is 0 Å². The van der Waals surface area contributed by atoms with E-state index >= 15 is 0 Å². The summed E-state index contributed by atoms with van der Waals surface area (Å²) >= 11 is 0. The number of amides is 1. The summed E-state index contributed by atoms with van der Waals surface area (Å²) in [5, 5.41) is 15.7. The van der Waals surface area contributed by atoms with Crippen LogP contribution in [0.1, 0.15) is 36.3 Å². The number of halogens is 1. The van der Waals surface area contributed by atoms with Crippen molar-refractivity contribution in [2.45, 2.75) is 31.7 Å². The fraction of sp³-hybridized carbons (Fsp3) is 0.438. The zero-order valence-corrected chi connectivity index (χ0v) is 12.5. The molecule has 0 aliphatic heterocycles. The average molecular weight is 319 g/mol. The van der Waals surface area contributed by atoms with Crippen molar-refractivity contribution >= 4 is 5.91 Å². The molecule has 0 atom stereocenters. The first-order chi connectivity index (χ1) is 11.2. The highest BCUT2D eigenvalue weighted by Gasteiger charge is 2.24. The van der Waals surface area contributed by atoms with E-state index in [0.29, 0.717) is 11.5 Å². The Kier molecular flexibility index (Phi) is 4.66. The minimum atomic E-state index is -0.380. The third-order valence-corrected chi connectivity index (χ3v) is 4.16. The third-order valence-electron chi connectivity index (χ3n) is 4.16. The molecule has 1 aliphatic rings. The van der Waals surface area contributed by atoms with Gasteiger partial charge in [0.2, 0.25) is 0 Å². The molecule has 1 heterocycles. The van der Waals surface area contributed by atoms with Gasteiger partial charge < -0.3 is 14.9 Å². The summed E-state index contributed by atoms with van der Waals surface area (Å²) in [4.78, 5) is 16.2. The third kappa shape index (κ3) is 3.73. The molecule has 0 radical (unpaired) electrons. The maximum Gasteiger partial charge on any atom is 0.292 e. The summed E-state index contributed by atoms with van der Waals surface area (Å²) in [5.41, 5.74) is 0.557. The van der Waals surface area contributed by atoms with E-state index in [9.17, 15) is 9.18 Å². The van der Waals surface area contributed by atoms with Gasteiger partial charge in [0.05, 0.1) is 0 Å². The van der Waals surface area contributed by atoms with Gasteiger partial charge in [-0.1, -0.05) is 5.16 Å². The van der Waals surface area contributed by atoms with Gasteiger partial charge in [0, 0.05) is 18.2 Å². The molecule has 23 heavy (non-hydrogen) atoms. The number of carbonyl (C=O) groups is 1. The molecule has 6 nitrogen and oxygen atoms in total. The van der Waals surface area contributed by atoms with Gasteiger partial charge in [-0.2, -0.15) is 4.98 Å². The van der Waals surface area contributed by atoms with Crippen molar-refractivity contribution in [2.75, 3.05) is 6.61 Å². The first-order valence-electron chi connectivity index (χ1n) is 7.67. The number of nitrogens with one attached hydrogen (secondary N) is 1. The van der Waals surface area contributed by atoms with Crippen molar-refractivity contribution in [3.63, 3.8) is 0 Å². The predicted molar refractivity (Wildman–Crippen MR) is 80.0 cm³/mol. The fourth-order valence-corrected chi connectivity index (χ4v) is 2.76. The van der Waals surface area contributed by atoms with Crippen LogP contribution in [0.4, 0.5) is 4.39 Å². The Morgan fingerprint density at radius 3 is 2.61 bits per heavy atom. The summed E-state index contributed by atoms with van der Waals surface area (Å²) in [7, 11) is 0. The number of nitrogens with zero attached hydrogens (tertiary/aromatic N) is 2. The van der Waals surface area contributed by atoms with Crippen molar-refractivity contribution in [1.82, 2.24) is 15.5 Å². The van der Waals surface area contributed by atoms with Gasteiger partial charge in [0.25, 0.3) is 17.6 Å². The first-order valence-corrected chi connectivity index (χ1v) is 7.67. The van der Waals surface area contributed by atoms with Gasteiger partial charge in [-0.15, -0.1) is 0 Å². The van der Waals surface area contributed by atoms with Crippen molar-refractivity contribution in [3.8, 4) is 11.5 Å². The number of hydrogen-bond acceptors (Lipinski definition) is 5. The maximum absolute atomic E-state index is 12.9. The lowest BCUT2D eigenvalue weighted by Gasteiger charge is -2.27. The summed E-state index contributed by atoms with van der Waals surface area (Å²) < 4.78 is 18.0. The number of hydrogen-bond donors (Lipinski definition) is 2. The summed E-state index contributed by atoms with van der Waals surface area (Å²) in [6, 6.07) is 5.68. The van der Waals surface area contributed by atoms with Crippen LogP contribution in [-0.2, 0) is 0 Å². The van der Waals surface area contributed by atoms with E-state index in [0.717, 1.165) is 25.7 Å². The lowest BCUT2D eigenvalue weighted by Crippen LogP contribution is -2.38. The van der Waals surface area contributed by atoms with Crippen LogP contribution >= 0.6 is 0 Å². The summed E-state index contributed by atoms with van der Waals surface area (Å²) in [5.74, 6) is -0.259. The van der Waals surface area contributed by atoms with Crippen molar-refractivity contribution in [3.05, 3.63) is 35.9 Å². The molecule has 1 aromatic carbocycles. The molecule has 7 heteroatoms. The van der Waals surface area contributed by atoms with Gasteiger partial charge in [0.1, 0.15) is 5.82 Å². The topological polar surface area (TPSA) is 88.2 Å². The molecular weight excluding hydrogens is 301 g/mol. The van der Waals surface area contributed by atoms with Crippen LogP contribution in [0.3, 0.4) is 0 Å². The second kappa shape index (κ2) is 6.87. The van der Waals surface area contributed by atoms with Gasteiger partial charge in [-0.25, -0.2) is 4.39 Å². The van der Waals surface area contributed by atoms with Crippen molar-refractivity contribution in [2.24, 2.45) is 5.92 Å². The molecule has 1 fully saturated rings. The standard InChI is InChI=1S/C16H18FN3O3/c17-12-5-3-11(4-6-12)16-19-14(20-23-16)15(22)18-13-7-1-10(9-21)2-8-13/h3-6,10,13,21H,1-2,7-9H2,(H,18,22). The van der Waals surface area contributed by atoms with Gasteiger partial charge in [-0.05, 0) is 55.9 Å². The normalized spacial score (nSPS) is 21.1. The molecule has 0 saturated heterocycles. The van der Waals surface area contributed by atoms with E-state index in [4.69, 9.17) is 9.63 Å². The van der Waals surface area contributed by atoms with Crippen LogP contribution in [0.2, 0.25) is 0 Å². The highest BCUT2D eigenvalue weighted by molar-refractivity contribution is 5.90. The van der Waals surface area contributed by atoms with E-state index in [2.05, 4.69) is 15.5 Å². The zero-order chi connectivity index (χ0) is 16.2. The second-order valence-corrected chi connectivity index (χ2v) is 5.80. The van der Waals surface area contributed by atoms with E-state index in [1.807, 2.05) is 0 Å². The Bertz CT molecular complexity index is 663. The van der Waals surface area contributed by atoms with E-state index in [1.54, 1.807) is 0 Å². The molecule has 1 saturated carbocycles. The Hall–Kier alpha value is -2.28. The summed E-state index contributed by atoms with van der Waals surface area (Å²) in [6.45, 7) is 0.201. The second-order valence-electron chi connectivity index (χ2n) is 5.80. The van der Waals surface area contributed by atoms with E-state index < -0.39 is 0 Å². The Labute approximate surface area is 132 Å². The molecular formula is C16H18FN3O3. The molecule has 1 aliphatic carbocycles. The monoisotopic (exact) mass is 319 g/mol. The largest absolute Gasteiger partial charge is 0.396 e. The molecule has 1 amide bonds. The van der Waals surface area contributed by atoms with Gasteiger partial charge in [-0.3, -0.25) is 4.79 Å². The van der Waals surface area contributed by atoms with Crippen LogP contribution < -0.4 is 5.32 Å². The molecule has 2 aromatic rings. The van der Waals surface area contributed by atoms with Gasteiger partial charge in [0.15, 0.2) is 0 Å². The highest BCUT2D eigenvalue weighted by atomic mass is 19.1. The molecule has 2 N–H and O–H groups in total. The molecule has 0 unspecified atom stereocenters. The summed E-state index contributed by atoms with van der Waals surface area (Å²) in [6.07, 6.45) is 3.46. The molecule has 122 valence electrons. The number of carbonyl (C=O) groups excluding carboxylic acids is 1. The quantitative estimate of drug-likeness (QED) is 0.901. The van der Waals surface area contributed by atoms with Gasteiger partial charge >= 0.3 is 0 Å². The first kappa shape index (κ1) is 15.6. The number of rotatable bonds is 4. The van der Waals surface area contributed by atoms with E-state index in [1.165, 1.54) is 24.3 Å². The van der Waals surface area contributed by atoms with Crippen molar-refractivity contribution in [1.29, 1.82) is 0 Å². The number of aliphatic hydroxyl groups is 1. The zero-order valence-electron chi connectivity index (χ0n) is 12.5. The van der Waals surface area contributed by atoms with Crippen LogP contribution in [-0.4, -0.2) is 33.8 Å². The highest BCUT2D eigenvalue weighted by Crippen LogP contribution is 2.24. The fourth-order valence-electron chi connectivity index (χ4n) is 2.76. The maximum atomic E-state index is 12.9. The van der Waals surface area contributed by atoms with Crippen molar-refractivity contribution < 1.29 is 18.8 Å². The SMILES string of the molecule is O=C(NC1CCC(CO)CC1)c1noc(-c2ccc(F)cc2)n1. The molecule has 1 aromatic heterocycles. The number of aromatic nitrogens is 2. The Morgan fingerprint density at radius 1 is 1.26 bits per heavy atom. The minimum absolute atomic E-state index is 0.0337. The molecule has 0 bridgehead atoms. The van der Waals surface area contributed by atoms with Crippen LogP contribution in [0.25, 0.3) is 11.5 Å². The number of aliphatic hydroxyl groups excluding tert-OH is 1. The predicted octanol–water partition coefficient (Wildman–Crippen LogP) is 2.16. The molecule has 0 spiro atoms.